The third-order valence-electron chi connectivity index (χ3n) is 3.89. The molecular weight excluding hydrogens is 320 g/mol. The second kappa shape index (κ2) is 5.58. The molecule has 0 N–H and O–H groups in total. The summed E-state index contributed by atoms with van der Waals surface area (Å²) in [6.07, 6.45) is 1.43. The predicted octanol–water partition coefficient (Wildman–Crippen LogP) is 0.868. The van der Waals surface area contributed by atoms with Crippen molar-refractivity contribution in [2.24, 2.45) is 4.99 Å². The maximum absolute atomic E-state index is 12.4. The zero-order valence-electron chi connectivity index (χ0n) is 12.6. The summed E-state index contributed by atoms with van der Waals surface area (Å²) in [5, 5.41) is 0.545. The van der Waals surface area contributed by atoms with Crippen LogP contribution in [-0.2, 0) is 4.79 Å². The molecule has 1 aromatic rings. The summed E-state index contributed by atoms with van der Waals surface area (Å²) >= 11 is 5.81. The number of ketones is 1. The van der Waals surface area contributed by atoms with Crippen molar-refractivity contribution in [2.45, 2.75) is 6.04 Å². The molecule has 118 valence electrons. The molecule has 23 heavy (non-hydrogen) atoms. The first-order valence-electron chi connectivity index (χ1n) is 6.91. The average Bonchev–Trinajstić information content (AvgIpc) is 2.95. The molecule has 8 heteroatoms. The lowest BCUT2D eigenvalue weighted by molar-refractivity contribution is -0.518. The van der Waals surface area contributed by atoms with E-state index in [1.165, 1.54) is 22.9 Å². The third kappa shape index (κ3) is 2.53. The van der Waals surface area contributed by atoms with Crippen LogP contribution in [0.25, 0.3) is 0 Å². The van der Waals surface area contributed by atoms with Crippen LogP contribution in [0.2, 0.25) is 5.02 Å². The lowest BCUT2D eigenvalue weighted by Gasteiger charge is -2.30. The molecule has 3 rings (SSSR count). The summed E-state index contributed by atoms with van der Waals surface area (Å²) in [6.45, 7) is -0.0130. The molecule has 1 aromatic carbocycles. The largest absolute Gasteiger partial charge is 0.333 e. The summed E-state index contributed by atoms with van der Waals surface area (Å²) in [5.74, 6) is -0.226. The van der Waals surface area contributed by atoms with Gasteiger partial charge in [-0.1, -0.05) is 11.6 Å². The Labute approximate surface area is 137 Å². The number of amidine groups is 1. The van der Waals surface area contributed by atoms with Gasteiger partial charge in [0, 0.05) is 24.7 Å². The maximum Gasteiger partial charge on any atom is 0.333 e. The van der Waals surface area contributed by atoms with Crippen molar-refractivity contribution in [3.05, 3.63) is 34.9 Å². The fourth-order valence-electron chi connectivity index (χ4n) is 2.57. The number of fused-ring (bicyclic) bond motifs is 1. The number of likely N-dealkylation sites (N-methyl/N-ethyl adjacent to an activating group) is 2. The number of halogens is 1. The standard InChI is InChI=1S/C15H14ClN4O3/c1-18-13-12(14(22)19(2)15(18)23)20(8-17-13)7-11(21)9-3-5-10(16)6-4-9/h3-6,8,12H,7H2,1-2H3/q+1. The van der Waals surface area contributed by atoms with Gasteiger partial charge in [0.25, 0.3) is 24.1 Å². The fourth-order valence-corrected chi connectivity index (χ4v) is 2.69. The van der Waals surface area contributed by atoms with Gasteiger partial charge in [-0.25, -0.2) is 9.37 Å². The number of rotatable bonds is 3. The summed E-state index contributed by atoms with van der Waals surface area (Å²) < 4.78 is 1.54. The second-order valence-electron chi connectivity index (χ2n) is 5.35. The highest BCUT2D eigenvalue weighted by Gasteiger charge is 2.50. The lowest BCUT2D eigenvalue weighted by atomic mass is 10.1. The van der Waals surface area contributed by atoms with E-state index in [-0.39, 0.29) is 12.3 Å². The number of benzene rings is 1. The van der Waals surface area contributed by atoms with E-state index in [1.807, 2.05) is 0 Å². The van der Waals surface area contributed by atoms with Crippen molar-refractivity contribution in [2.75, 3.05) is 20.6 Å². The van der Waals surface area contributed by atoms with Crippen LogP contribution in [0.4, 0.5) is 4.79 Å². The van der Waals surface area contributed by atoms with Crippen LogP contribution in [0.1, 0.15) is 10.4 Å². The number of hydrogen-bond donors (Lipinski definition) is 0. The van der Waals surface area contributed by atoms with Crippen LogP contribution in [0.15, 0.2) is 29.3 Å². The summed E-state index contributed by atoms with van der Waals surface area (Å²) in [4.78, 5) is 43.1. The molecule has 2 heterocycles. The number of nitrogens with zero attached hydrogens (tertiary/aromatic N) is 4. The van der Waals surface area contributed by atoms with Gasteiger partial charge in [-0.3, -0.25) is 19.4 Å². The molecule has 7 nitrogen and oxygen atoms in total. The molecule has 1 atom stereocenters. The number of imide groups is 1. The van der Waals surface area contributed by atoms with Crippen molar-refractivity contribution in [3.8, 4) is 0 Å². The molecule has 1 unspecified atom stereocenters. The van der Waals surface area contributed by atoms with Gasteiger partial charge in [0.1, 0.15) is 6.54 Å². The Morgan fingerprint density at radius 3 is 2.52 bits per heavy atom. The Bertz CT molecular complexity index is 769. The Morgan fingerprint density at radius 2 is 1.87 bits per heavy atom. The minimum atomic E-state index is -0.751. The third-order valence-corrected chi connectivity index (χ3v) is 4.14. The first-order valence-corrected chi connectivity index (χ1v) is 7.28. The van der Waals surface area contributed by atoms with E-state index in [4.69, 9.17) is 11.6 Å². The monoisotopic (exact) mass is 333 g/mol. The van der Waals surface area contributed by atoms with Gasteiger partial charge in [-0.2, -0.15) is 0 Å². The Balaban J connectivity index is 1.81. The molecule has 3 amide bonds. The van der Waals surface area contributed by atoms with Crippen LogP contribution in [0, 0.1) is 0 Å². The van der Waals surface area contributed by atoms with E-state index < -0.39 is 18.0 Å². The predicted molar refractivity (Wildman–Crippen MR) is 84.1 cm³/mol. The maximum atomic E-state index is 12.4. The van der Waals surface area contributed by atoms with E-state index in [9.17, 15) is 14.4 Å². The quantitative estimate of drug-likeness (QED) is 0.608. The second-order valence-corrected chi connectivity index (χ2v) is 5.78. The number of carbonyl (C=O) groups is 3. The SMILES string of the molecule is CN1C(=O)C2C(=NC=[N+]2CC(=O)c2ccc(Cl)cc2)N(C)C1=O. The molecule has 1 saturated heterocycles. The highest BCUT2D eigenvalue weighted by Crippen LogP contribution is 2.17. The fraction of sp³-hybridized carbons (Fsp3) is 0.267. The van der Waals surface area contributed by atoms with Gasteiger partial charge in [-0.15, -0.1) is 0 Å². The molecule has 0 saturated carbocycles. The van der Waals surface area contributed by atoms with Crippen LogP contribution >= 0.6 is 11.6 Å². The molecule has 0 radical (unpaired) electrons. The summed E-state index contributed by atoms with van der Waals surface area (Å²) in [5.41, 5.74) is 0.497. The first-order chi connectivity index (χ1) is 10.9. The van der Waals surface area contributed by atoms with Gasteiger partial charge < -0.3 is 0 Å². The minimum Gasteiger partial charge on any atom is -0.290 e. The number of Topliss-reactive ketones (excluding diaryl/α,β-unsaturated/α-hetero) is 1. The highest BCUT2D eigenvalue weighted by molar-refractivity contribution is 6.30. The number of aliphatic imine (C=N–C) groups is 1. The molecule has 0 spiro atoms. The van der Waals surface area contributed by atoms with Gasteiger partial charge in [0.15, 0.2) is 0 Å². The Hall–Kier alpha value is -2.54. The lowest BCUT2D eigenvalue weighted by Crippen LogP contribution is -2.61. The van der Waals surface area contributed by atoms with Crippen LogP contribution in [0.3, 0.4) is 0 Å². The molecule has 2 aliphatic rings. The zero-order valence-corrected chi connectivity index (χ0v) is 13.3. The van der Waals surface area contributed by atoms with Crippen LogP contribution in [0.5, 0.6) is 0 Å². The normalized spacial score (nSPS) is 20.4. The van der Waals surface area contributed by atoms with Crippen molar-refractivity contribution in [1.29, 1.82) is 0 Å². The van der Waals surface area contributed by atoms with Crippen molar-refractivity contribution in [3.63, 3.8) is 0 Å². The summed E-state index contributed by atoms with van der Waals surface area (Å²) in [6, 6.07) is 5.34. The first kappa shape index (κ1) is 15.4. The highest BCUT2D eigenvalue weighted by atomic mass is 35.5. The van der Waals surface area contributed by atoms with E-state index in [0.717, 1.165) is 4.90 Å². The van der Waals surface area contributed by atoms with E-state index in [0.29, 0.717) is 16.4 Å². The molecule has 0 aliphatic carbocycles. The minimum absolute atomic E-state index is 0.0130. The van der Waals surface area contributed by atoms with Crippen LogP contribution < -0.4 is 0 Å². The van der Waals surface area contributed by atoms with E-state index in [2.05, 4.69) is 4.99 Å². The molecule has 2 aliphatic heterocycles. The van der Waals surface area contributed by atoms with Crippen molar-refractivity contribution in [1.82, 2.24) is 9.80 Å². The smallest absolute Gasteiger partial charge is 0.290 e. The van der Waals surface area contributed by atoms with Gasteiger partial charge >= 0.3 is 6.03 Å². The number of hydrogen-bond acceptors (Lipinski definition) is 4. The Morgan fingerprint density at radius 1 is 1.22 bits per heavy atom. The molecule has 1 fully saturated rings. The van der Waals surface area contributed by atoms with Gasteiger partial charge in [-0.05, 0) is 29.3 Å². The summed E-state index contributed by atoms with van der Waals surface area (Å²) in [7, 11) is 2.96. The molecular formula is C15H14ClN4O3+. The zero-order chi connectivity index (χ0) is 16.7. The average molecular weight is 334 g/mol. The van der Waals surface area contributed by atoms with Gasteiger partial charge in [0.2, 0.25) is 5.78 Å². The number of amides is 3. The van der Waals surface area contributed by atoms with E-state index >= 15 is 0 Å². The number of carbonyl (C=O) groups excluding carboxylic acids is 3. The topological polar surface area (TPSA) is 73.1 Å². The number of urea groups is 1. The Kier molecular flexibility index (Phi) is 3.73. The van der Waals surface area contributed by atoms with Crippen molar-refractivity contribution >= 4 is 41.5 Å². The van der Waals surface area contributed by atoms with E-state index in [1.54, 1.807) is 31.3 Å². The van der Waals surface area contributed by atoms with Crippen molar-refractivity contribution < 1.29 is 19.0 Å². The molecule has 0 bridgehead atoms. The van der Waals surface area contributed by atoms with Gasteiger partial charge in [0.05, 0.1) is 0 Å². The molecule has 0 aromatic heterocycles. The van der Waals surface area contributed by atoms with Crippen LogP contribution in [-0.4, -0.2) is 71.0 Å².